The van der Waals surface area contributed by atoms with Crippen LogP contribution in [0.5, 0.6) is 0 Å². The molecule has 0 amide bonds. The Balaban J connectivity index is 2.43. The Morgan fingerprint density at radius 3 is 2.15 bits per heavy atom. The standard InChI is InChI=1S/C13H8F9N3OS/c1-6-2-7(14)8(25-5-23-10(24-25)12(17,18)19)3-9(6)27(26)4-11(15,16)13(20,21)22/h2-3,5H,4H2,1H3. The van der Waals surface area contributed by atoms with Gasteiger partial charge < -0.3 is 4.55 Å². The van der Waals surface area contributed by atoms with Crippen molar-refractivity contribution < 1.29 is 44.1 Å². The van der Waals surface area contributed by atoms with Gasteiger partial charge in [-0.05, 0) is 24.2 Å². The molecule has 14 heteroatoms. The van der Waals surface area contributed by atoms with Gasteiger partial charge in [-0.3, -0.25) is 0 Å². The monoisotopic (exact) mass is 425 g/mol. The molecule has 0 N–H and O–H groups in total. The van der Waals surface area contributed by atoms with Gasteiger partial charge in [0.1, 0.15) is 17.8 Å². The lowest BCUT2D eigenvalue weighted by molar-refractivity contribution is -0.271. The van der Waals surface area contributed by atoms with Gasteiger partial charge in [-0.2, -0.15) is 35.1 Å². The molecule has 2 rings (SSSR count). The van der Waals surface area contributed by atoms with E-state index in [9.17, 15) is 44.1 Å². The largest absolute Gasteiger partial charge is 0.611 e. The molecule has 1 atom stereocenters. The van der Waals surface area contributed by atoms with Gasteiger partial charge in [0.25, 0.3) is 5.82 Å². The van der Waals surface area contributed by atoms with Gasteiger partial charge in [-0.1, -0.05) is 0 Å². The third-order valence-corrected chi connectivity index (χ3v) is 4.76. The van der Waals surface area contributed by atoms with Gasteiger partial charge in [-0.15, -0.1) is 5.10 Å². The fourth-order valence-corrected chi connectivity index (χ4v) is 3.21. The van der Waals surface area contributed by atoms with Crippen LogP contribution in [0, 0.1) is 12.7 Å². The van der Waals surface area contributed by atoms with Crippen LogP contribution in [0.15, 0.2) is 23.4 Å². The third-order valence-electron chi connectivity index (χ3n) is 3.21. The van der Waals surface area contributed by atoms with Crippen molar-refractivity contribution in [2.45, 2.75) is 30.1 Å². The number of benzene rings is 1. The molecule has 1 aromatic carbocycles. The Morgan fingerprint density at radius 2 is 1.67 bits per heavy atom. The topological polar surface area (TPSA) is 53.8 Å². The second kappa shape index (κ2) is 6.89. The van der Waals surface area contributed by atoms with Gasteiger partial charge >= 0.3 is 18.3 Å². The molecule has 0 aliphatic rings. The highest BCUT2D eigenvalue weighted by atomic mass is 32.2. The maximum atomic E-state index is 14.0. The molecule has 4 nitrogen and oxygen atoms in total. The maximum Gasteiger partial charge on any atom is 0.458 e. The highest BCUT2D eigenvalue weighted by molar-refractivity contribution is 7.91. The molecule has 1 aromatic heterocycles. The van der Waals surface area contributed by atoms with Crippen molar-refractivity contribution >= 4 is 11.2 Å². The van der Waals surface area contributed by atoms with E-state index >= 15 is 0 Å². The molecule has 0 bridgehead atoms. The first-order valence-corrected chi connectivity index (χ1v) is 8.07. The minimum Gasteiger partial charge on any atom is -0.611 e. The second-order valence-electron chi connectivity index (χ2n) is 5.27. The van der Waals surface area contributed by atoms with E-state index in [1.54, 1.807) is 0 Å². The molecule has 2 aromatic rings. The number of aromatic nitrogens is 3. The molecule has 0 aliphatic carbocycles. The molecule has 0 fully saturated rings. The Morgan fingerprint density at radius 1 is 1.07 bits per heavy atom. The van der Waals surface area contributed by atoms with Crippen molar-refractivity contribution in [3.05, 3.63) is 35.7 Å². The third kappa shape index (κ3) is 4.48. The summed E-state index contributed by atoms with van der Waals surface area (Å²) in [5.74, 6) is -10.2. The first-order chi connectivity index (χ1) is 12.1. The fraction of sp³-hybridized carbons (Fsp3) is 0.385. The number of nitrogens with zero attached hydrogens (tertiary/aromatic N) is 3. The highest BCUT2D eigenvalue weighted by Gasteiger charge is 2.60. The normalized spacial score (nSPS) is 14.5. The Bertz CT molecular complexity index is 831. The number of hydrogen-bond donors (Lipinski definition) is 0. The Hall–Kier alpha value is -1.96. The quantitative estimate of drug-likeness (QED) is 0.549. The van der Waals surface area contributed by atoms with Crippen molar-refractivity contribution in [2.24, 2.45) is 0 Å². The number of aryl methyl sites for hydroxylation is 1. The zero-order valence-electron chi connectivity index (χ0n) is 13.0. The van der Waals surface area contributed by atoms with Crippen LogP contribution < -0.4 is 0 Å². The van der Waals surface area contributed by atoms with Crippen LogP contribution in [0.4, 0.5) is 39.5 Å². The number of alkyl halides is 8. The van der Waals surface area contributed by atoms with Crippen molar-refractivity contribution in [3.63, 3.8) is 0 Å². The molecular formula is C13H8F9N3OS. The number of hydrogen-bond acceptors (Lipinski definition) is 3. The summed E-state index contributed by atoms with van der Waals surface area (Å²) in [5.41, 5.74) is -0.981. The number of rotatable bonds is 4. The van der Waals surface area contributed by atoms with E-state index < -0.39 is 57.4 Å². The summed E-state index contributed by atoms with van der Waals surface area (Å²) in [6.45, 7) is 1.09. The van der Waals surface area contributed by atoms with Gasteiger partial charge in [0.15, 0.2) is 10.6 Å². The summed E-state index contributed by atoms with van der Waals surface area (Å²) < 4.78 is 127. The smallest absolute Gasteiger partial charge is 0.458 e. The predicted molar refractivity (Wildman–Crippen MR) is 73.3 cm³/mol. The summed E-state index contributed by atoms with van der Waals surface area (Å²) in [6.07, 6.45) is -10.4. The van der Waals surface area contributed by atoms with Crippen LogP contribution >= 0.6 is 0 Å². The Kier molecular flexibility index (Phi) is 5.45. The molecule has 0 spiro atoms. The van der Waals surface area contributed by atoms with E-state index in [1.807, 2.05) is 0 Å². The molecule has 0 aliphatic heterocycles. The second-order valence-corrected chi connectivity index (χ2v) is 6.69. The average Bonchev–Trinajstić information content (AvgIpc) is 2.95. The van der Waals surface area contributed by atoms with Crippen LogP contribution in [0.25, 0.3) is 5.69 Å². The first kappa shape index (κ1) is 21.3. The molecule has 150 valence electrons. The van der Waals surface area contributed by atoms with Crippen LogP contribution in [0.3, 0.4) is 0 Å². The lowest BCUT2D eigenvalue weighted by Crippen LogP contribution is -2.42. The van der Waals surface area contributed by atoms with Crippen LogP contribution in [-0.4, -0.2) is 37.2 Å². The van der Waals surface area contributed by atoms with Gasteiger partial charge in [0.2, 0.25) is 0 Å². The van der Waals surface area contributed by atoms with Crippen LogP contribution in [0.1, 0.15) is 11.4 Å². The van der Waals surface area contributed by atoms with Crippen LogP contribution in [-0.2, 0) is 17.4 Å². The highest BCUT2D eigenvalue weighted by Crippen LogP contribution is 2.38. The summed E-state index contributed by atoms with van der Waals surface area (Å²) in [4.78, 5) is 2.30. The zero-order valence-corrected chi connectivity index (χ0v) is 13.8. The molecular weight excluding hydrogens is 417 g/mol. The lowest BCUT2D eigenvalue weighted by Gasteiger charge is -2.22. The maximum absolute atomic E-state index is 14.0. The molecule has 1 unspecified atom stereocenters. The van der Waals surface area contributed by atoms with E-state index in [-0.39, 0.29) is 5.56 Å². The zero-order chi connectivity index (χ0) is 20.8. The van der Waals surface area contributed by atoms with E-state index in [4.69, 9.17) is 0 Å². The van der Waals surface area contributed by atoms with E-state index in [0.717, 1.165) is 6.92 Å². The summed E-state index contributed by atoms with van der Waals surface area (Å²) in [6, 6.07) is 1.21. The molecule has 27 heavy (non-hydrogen) atoms. The molecule has 1 heterocycles. The van der Waals surface area contributed by atoms with Crippen LogP contribution in [0.2, 0.25) is 0 Å². The SMILES string of the molecule is Cc1cc(F)c(-n2cnc(C(F)(F)F)n2)cc1[S+]([O-])CC(F)(F)C(F)(F)F. The molecule has 0 saturated carbocycles. The fourth-order valence-electron chi connectivity index (χ4n) is 1.90. The van der Waals surface area contributed by atoms with Crippen molar-refractivity contribution in [2.75, 3.05) is 5.75 Å². The average molecular weight is 425 g/mol. The lowest BCUT2D eigenvalue weighted by atomic mass is 10.2. The van der Waals surface area contributed by atoms with E-state index in [2.05, 4.69) is 10.1 Å². The van der Waals surface area contributed by atoms with E-state index in [0.29, 0.717) is 23.1 Å². The van der Waals surface area contributed by atoms with Gasteiger partial charge in [0, 0.05) is 11.6 Å². The first-order valence-electron chi connectivity index (χ1n) is 6.76. The van der Waals surface area contributed by atoms with Gasteiger partial charge in [0.05, 0.1) is 0 Å². The van der Waals surface area contributed by atoms with Crippen molar-refractivity contribution in [3.8, 4) is 5.69 Å². The molecule has 0 saturated heterocycles. The Labute approximate surface area is 148 Å². The van der Waals surface area contributed by atoms with E-state index in [1.165, 1.54) is 0 Å². The predicted octanol–water partition coefficient (Wildman–Crippen LogP) is 4.04. The summed E-state index contributed by atoms with van der Waals surface area (Å²) in [7, 11) is 0. The van der Waals surface area contributed by atoms with Gasteiger partial charge in [-0.25, -0.2) is 14.1 Å². The molecule has 0 radical (unpaired) electrons. The minimum absolute atomic E-state index is 0.233. The number of halogens is 9. The van der Waals surface area contributed by atoms with Crippen molar-refractivity contribution in [1.29, 1.82) is 0 Å². The summed E-state index contributed by atoms with van der Waals surface area (Å²) >= 11 is -2.93. The summed E-state index contributed by atoms with van der Waals surface area (Å²) in [5, 5.41) is 2.97. The van der Waals surface area contributed by atoms with Crippen molar-refractivity contribution in [1.82, 2.24) is 14.8 Å². The minimum atomic E-state index is -5.95.